The SMILES string of the molecule is CC(C)(CCN)c1ccc([N+](=O)[O-])cc1. The molecule has 0 heterocycles. The summed E-state index contributed by atoms with van der Waals surface area (Å²) in [5.41, 5.74) is 6.71. The number of nitro benzene ring substituents is 1. The molecule has 1 aromatic rings. The molecule has 0 unspecified atom stereocenters. The van der Waals surface area contributed by atoms with Crippen LogP contribution in [0.4, 0.5) is 5.69 Å². The molecule has 2 N–H and O–H groups in total. The third-order valence-electron chi connectivity index (χ3n) is 2.63. The summed E-state index contributed by atoms with van der Waals surface area (Å²) >= 11 is 0. The summed E-state index contributed by atoms with van der Waals surface area (Å²) in [4.78, 5) is 10.1. The van der Waals surface area contributed by atoms with Gasteiger partial charge in [-0.1, -0.05) is 26.0 Å². The molecule has 1 rings (SSSR count). The molecule has 0 saturated carbocycles. The monoisotopic (exact) mass is 208 g/mol. The summed E-state index contributed by atoms with van der Waals surface area (Å²) in [6.45, 7) is 4.78. The van der Waals surface area contributed by atoms with Crippen LogP contribution in [-0.2, 0) is 5.41 Å². The van der Waals surface area contributed by atoms with Gasteiger partial charge in [-0.25, -0.2) is 0 Å². The Balaban J connectivity index is 2.93. The molecule has 0 saturated heterocycles. The largest absolute Gasteiger partial charge is 0.330 e. The minimum absolute atomic E-state index is 0.0239. The molecule has 0 atom stereocenters. The van der Waals surface area contributed by atoms with Crippen LogP contribution in [0.15, 0.2) is 24.3 Å². The Hall–Kier alpha value is -1.42. The molecule has 15 heavy (non-hydrogen) atoms. The Morgan fingerprint density at radius 2 is 1.87 bits per heavy atom. The molecular weight excluding hydrogens is 192 g/mol. The molecule has 0 amide bonds. The quantitative estimate of drug-likeness (QED) is 0.609. The number of hydrogen-bond donors (Lipinski definition) is 1. The van der Waals surface area contributed by atoms with Gasteiger partial charge in [-0.3, -0.25) is 10.1 Å². The van der Waals surface area contributed by atoms with Gasteiger partial charge in [0.2, 0.25) is 0 Å². The van der Waals surface area contributed by atoms with Gasteiger partial charge in [0.1, 0.15) is 0 Å². The van der Waals surface area contributed by atoms with E-state index >= 15 is 0 Å². The Morgan fingerprint density at radius 1 is 1.33 bits per heavy atom. The van der Waals surface area contributed by atoms with Crippen molar-refractivity contribution in [2.45, 2.75) is 25.7 Å². The van der Waals surface area contributed by atoms with E-state index in [2.05, 4.69) is 13.8 Å². The number of hydrogen-bond acceptors (Lipinski definition) is 3. The van der Waals surface area contributed by atoms with Gasteiger partial charge in [0.25, 0.3) is 5.69 Å². The van der Waals surface area contributed by atoms with E-state index in [1.165, 1.54) is 12.1 Å². The number of rotatable bonds is 4. The van der Waals surface area contributed by atoms with Gasteiger partial charge < -0.3 is 5.73 Å². The third kappa shape index (κ3) is 2.76. The van der Waals surface area contributed by atoms with E-state index in [0.717, 1.165) is 12.0 Å². The Bertz CT molecular complexity index is 344. The first-order chi connectivity index (χ1) is 6.97. The van der Waals surface area contributed by atoms with Crippen LogP contribution in [0.5, 0.6) is 0 Å². The predicted octanol–water partition coefficient (Wildman–Crippen LogP) is 2.22. The van der Waals surface area contributed by atoms with Crippen LogP contribution >= 0.6 is 0 Å². The average Bonchev–Trinajstić information content (AvgIpc) is 2.18. The summed E-state index contributed by atoms with van der Waals surface area (Å²) < 4.78 is 0. The van der Waals surface area contributed by atoms with E-state index in [-0.39, 0.29) is 16.0 Å². The Labute approximate surface area is 89.2 Å². The van der Waals surface area contributed by atoms with Crippen molar-refractivity contribution in [3.05, 3.63) is 39.9 Å². The lowest BCUT2D eigenvalue weighted by Crippen LogP contribution is -2.21. The van der Waals surface area contributed by atoms with E-state index in [0.29, 0.717) is 6.54 Å². The second kappa shape index (κ2) is 4.40. The lowest BCUT2D eigenvalue weighted by Gasteiger charge is -2.24. The van der Waals surface area contributed by atoms with Gasteiger partial charge in [0.15, 0.2) is 0 Å². The van der Waals surface area contributed by atoms with Gasteiger partial charge in [-0.15, -0.1) is 0 Å². The van der Waals surface area contributed by atoms with Crippen molar-refractivity contribution in [1.29, 1.82) is 0 Å². The molecule has 82 valence electrons. The lowest BCUT2D eigenvalue weighted by molar-refractivity contribution is -0.384. The predicted molar refractivity (Wildman–Crippen MR) is 59.8 cm³/mol. The van der Waals surface area contributed by atoms with Crippen LogP contribution in [0.3, 0.4) is 0 Å². The molecule has 0 radical (unpaired) electrons. The number of nitrogens with zero attached hydrogens (tertiary/aromatic N) is 1. The van der Waals surface area contributed by atoms with Crippen LogP contribution in [0.1, 0.15) is 25.8 Å². The summed E-state index contributed by atoms with van der Waals surface area (Å²) in [5, 5.41) is 10.5. The molecule has 0 aromatic heterocycles. The van der Waals surface area contributed by atoms with Gasteiger partial charge >= 0.3 is 0 Å². The molecule has 0 fully saturated rings. The highest BCUT2D eigenvalue weighted by Gasteiger charge is 2.20. The Morgan fingerprint density at radius 3 is 2.27 bits per heavy atom. The molecule has 0 spiro atoms. The van der Waals surface area contributed by atoms with Crippen LogP contribution in [-0.4, -0.2) is 11.5 Å². The van der Waals surface area contributed by atoms with Crippen LogP contribution < -0.4 is 5.73 Å². The maximum absolute atomic E-state index is 10.5. The van der Waals surface area contributed by atoms with Crippen molar-refractivity contribution in [3.8, 4) is 0 Å². The highest BCUT2D eigenvalue weighted by atomic mass is 16.6. The summed E-state index contributed by atoms with van der Waals surface area (Å²) in [6.07, 6.45) is 0.866. The van der Waals surface area contributed by atoms with Gasteiger partial charge in [-0.2, -0.15) is 0 Å². The molecule has 4 heteroatoms. The summed E-state index contributed by atoms with van der Waals surface area (Å²) in [5.74, 6) is 0. The van der Waals surface area contributed by atoms with Crippen molar-refractivity contribution < 1.29 is 4.92 Å². The van der Waals surface area contributed by atoms with Crippen LogP contribution in [0, 0.1) is 10.1 Å². The van der Waals surface area contributed by atoms with Gasteiger partial charge in [-0.05, 0) is 23.9 Å². The normalized spacial score (nSPS) is 11.4. The first kappa shape index (κ1) is 11.7. The molecule has 1 aromatic carbocycles. The highest BCUT2D eigenvalue weighted by Crippen LogP contribution is 2.27. The van der Waals surface area contributed by atoms with Crippen LogP contribution in [0.25, 0.3) is 0 Å². The van der Waals surface area contributed by atoms with E-state index in [1.807, 2.05) is 0 Å². The average molecular weight is 208 g/mol. The number of benzene rings is 1. The first-order valence-corrected chi connectivity index (χ1v) is 4.92. The van der Waals surface area contributed by atoms with Crippen LogP contribution in [0.2, 0.25) is 0 Å². The first-order valence-electron chi connectivity index (χ1n) is 4.92. The standard InChI is InChI=1S/C11H16N2O2/c1-11(2,7-8-12)9-3-5-10(6-4-9)13(14)15/h3-6H,7-8,12H2,1-2H3. The molecule has 0 aliphatic rings. The Kier molecular flexibility index (Phi) is 3.42. The van der Waals surface area contributed by atoms with Gasteiger partial charge in [0.05, 0.1) is 4.92 Å². The maximum atomic E-state index is 10.5. The smallest absolute Gasteiger partial charge is 0.269 e. The van der Waals surface area contributed by atoms with E-state index in [4.69, 9.17) is 5.73 Å². The van der Waals surface area contributed by atoms with Crippen molar-refractivity contribution >= 4 is 5.69 Å². The van der Waals surface area contributed by atoms with Gasteiger partial charge in [0, 0.05) is 12.1 Å². The fourth-order valence-corrected chi connectivity index (χ4v) is 1.54. The third-order valence-corrected chi connectivity index (χ3v) is 2.63. The fraction of sp³-hybridized carbons (Fsp3) is 0.455. The van der Waals surface area contributed by atoms with E-state index in [9.17, 15) is 10.1 Å². The van der Waals surface area contributed by atoms with Crippen molar-refractivity contribution in [3.63, 3.8) is 0 Å². The number of nitrogens with two attached hydrogens (primary N) is 1. The topological polar surface area (TPSA) is 69.2 Å². The van der Waals surface area contributed by atoms with Crippen molar-refractivity contribution in [2.24, 2.45) is 5.73 Å². The van der Waals surface area contributed by atoms with Crippen molar-refractivity contribution in [1.82, 2.24) is 0 Å². The number of non-ortho nitro benzene ring substituents is 1. The fourth-order valence-electron chi connectivity index (χ4n) is 1.54. The number of nitro groups is 1. The lowest BCUT2D eigenvalue weighted by atomic mass is 9.81. The van der Waals surface area contributed by atoms with E-state index in [1.54, 1.807) is 12.1 Å². The van der Waals surface area contributed by atoms with E-state index < -0.39 is 0 Å². The highest BCUT2D eigenvalue weighted by molar-refractivity contribution is 5.35. The van der Waals surface area contributed by atoms with Crippen molar-refractivity contribution in [2.75, 3.05) is 6.54 Å². The zero-order chi connectivity index (χ0) is 11.5. The summed E-state index contributed by atoms with van der Waals surface area (Å²) in [6, 6.07) is 6.67. The molecule has 4 nitrogen and oxygen atoms in total. The second-order valence-corrected chi connectivity index (χ2v) is 4.23. The zero-order valence-electron chi connectivity index (χ0n) is 9.06. The molecule has 0 bridgehead atoms. The molecule has 0 aliphatic heterocycles. The second-order valence-electron chi connectivity index (χ2n) is 4.23. The maximum Gasteiger partial charge on any atom is 0.269 e. The molecular formula is C11H16N2O2. The summed E-state index contributed by atoms with van der Waals surface area (Å²) in [7, 11) is 0. The molecule has 0 aliphatic carbocycles. The minimum Gasteiger partial charge on any atom is -0.330 e. The minimum atomic E-state index is -0.389. The zero-order valence-corrected chi connectivity index (χ0v) is 9.06.